The summed E-state index contributed by atoms with van der Waals surface area (Å²) in [7, 11) is 0. The Morgan fingerprint density at radius 3 is 2.00 bits per heavy atom. The van der Waals surface area contributed by atoms with Gasteiger partial charge in [-0.2, -0.15) is 0 Å². The topological polar surface area (TPSA) is 128 Å². The van der Waals surface area contributed by atoms with Gasteiger partial charge in [0.1, 0.15) is 5.75 Å². The summed E-state index contributed by atoms with van der Waals surface area (Å²) in [5, 5.41) is 0.784. The van der Waals surface area contributed by atoms with Gasteiger partial charge in [-0.3, -0.25) is 15.3 Å². The fourth-order valence-corrected chi connectivity index (χ4v) is 2.03. The van der Waals surface area contributed by atoms with E-state index in [-0.39, 0.29) is 11.4 Å². The molecule has 3 amide bonds. The van der Waals surface area contributed by atoms with Gasteiger partial charge >= 0.3 is 11.9 Å². The molecule has 2 rings (SSSR count). The molecule has 0 saturated heterocycles. The Kier molecular flexibility index (Phi) is 5.35. The lowest BCUT2D eigenvalue weighted by atomic mass is 10.1. The number of anilines is 1. The summed E-state index contributed by atoms with van der Waals surface area (Å²) in [6, 6.07) is 15.2. The van der Waals surface area contributed by atoms with Gasteiger partial charge in [0, 0.05) is 6.92 Å². The van der Waals surface area contributed by atoms with Crippen molar-refractivity contribution in [2.24, 2.45) is 11.5 Å². The smallest absolute Gasteiger partial charge is 0.331 e. The second-order valence-electron chi connectivity index (χ2n) is 5.16. The normalized spacial score (nSPS) is 12.6. The number of benzene rings is 2. The first-order valence-electron chi connectivity index (χ1n) is 7.34. The summed E-state index contributed by atoms with van der Waals surface area (Å²) in [6.07, 6.45) is 0. The molecule has 5 N–H and O–H groups in total. The average molecular weight is 342 g/mol. The number of ether oxygens (including phenoxy) is 1. The molecule has 1 atom stereocenters. The van der Waals surface area contributed by atoms with Crippen molar-refractivity contribution in [3.63, 3.8) is 0 Å². The van der Waals surface area contributed by atoms with Crippen LogP contribution >= 0.6 is 0 Å². The summed E-state index contributed by atoms with van der Waals surface area (Å²) in [5.41, 5.74) is 11.2. The molecule has 2 aromatic carbocycles. The van der Waals surface area contributed by atoms with Gasteiger partial charge in [0.25, 0.3) is 5.72 Å². The number of carbonyl (C=O) groups is 3. The number of para-hydroxylation sites is 2. The Morgan fingerprint density at radius 1 is 1.00 bits per heavy atom. The molecule has 0 bridgehead atoms. The molecule has 8 heteroatoms. The third-order valence-electron chi connectivity index (χ3n) is 3.30. The maximum atomic E-state index is 12.9. The SMILES string of the molecule is CC(=O)C(N)(Oc1ccccc1)C(=O)N(NC(N)=O)c1ccccc1. The van der Waals surface area contributed by atoms with E-state index in [1.165, 1.54) is 12.1 Å². The zero-order valence-electron chi connectivity index (χ0n) is 13.5. The van der Waals surface area contributed by atoms with Crippen LogP contribution in [0.5, 0.6) is 5.75 Å². The largest absolute Gasteiger partial charge is 0.456 e. The number of urea groups is 1. The second kappa shape index (κ2) is 7.45. The van der Waals surface area contributed by atoms with Crippen LogP contribution < -0.4 is 26.6 Å². The van der Waals surface area contributed by atoms with Gasteiger partial charge in [-0.1, -0.05) is 36.4 Å². The number of nitrogens with two attached hydrogens (primary N) is 2. The fraction of sp³-hybridized carbons (Fsp3) is 0.118. The number of hydrogen-bond donors (Lipinski definition) is 3. The Hall–Kier alpha value is -3.39. The molecule has 0 aliphatic rings. The quantitative estimate of drug-likeness (QED) is 0.423. The number of nitrogens with one attached hydrogen (secondary N) is 1. The van der Waals surface area contributed by atoms with Crippen molar-refractivity contribution >= 4 is 23.4 Å². The first-order chi connectivity index (χ1) is 11.8. The van der Waals surface area contributed by atoms with Crippen molar-refractivity contribution in [1.82, 2.24) is 5.43 Å². The van der Waals surface area contributed by atoms with Crippen LogP contribution in [0.25, 0.3) is 0 Å². The number of nitrogens with zero attached hydrogens (tertiary/aromatic N) is 1. The molecule has 130 valence electrons. The van der Waals surface area contributed by atoms with Gasteiger partial charge in [-0.05, 0) is 24.3 Å². The van der Waals surface area contributed by atoms with Crippen LogP contribution in [0.3, 0.4) is 0 Å². The molecule has 0 spiro atoms. The van der Waals surface area contributed by atoms with Crippen molar-refractivity contribution in [2.75, 3.05) is 5.01 Å². The Bertz CT molecular complexity index is 767. The molecule has 0 radical (unpaired) electrons. The van der Waals surface area contributed by atoms with Crippen LogP contribution in [0.4, 0.5) is 10.5 Å². The lowest BCUT2D eigenvalue weighted by molar-refractivity contribution is -0.146. The lowest BCUT2D eigenvalue weighted by Gasteiger charge is -2.32. The van der Waals surface area contributed by atoms with Crippen LogP contribution in [-0.2, 0) is 9.59 Å². The van der Waals surface area contributed by atoms with E-state index in [1.54, 1.807) is 48.5 Å². The zero-order valence-corrected chi connectivity index (χ0v) is 13.5. The molecule has 8 nitrogen and oxygen atoms in total. The van der Waals surface area contributed by atoms with Gasteiger partial charge in [0.15, 0.2) is 5.78 Å². The minimum atomic E-state index is -2.35. The van der Waals surface area contributed by atoms with E-state index in [1.807, 2.05) is 0 Å². The highest BCUT2D eigenvalue weighted by Crippen LogP contribution is 2.20. The molecular weight excluding hydrogens is 324 g/mol. The molecule has 25 heavy (non-hydrogen) atoms. The van der Waals surface area contributed by atoms with Crippen LogP contribution in [0, 0.1) is 0 Å². The van der Waals surface area contributed by atoms with Crippen LogP contribution in [0.15, 0.2) is 60.7 Å². The van der Waals surface area contributed by atoms with Gasteiger partial charge < -0.3 is 10.5 Å². The highest BCUT2D eigenvalue weighted by molar-refractivity contribution is 6.14. The summed E-state index contributed by atoms with van der Waals surface area (Å²) in [4.78, 5) is 36.3. The van der Waals surface area contributed by atoms with Crippen molar-refractivity contribution in [1.29, 1.82) is 0 Å². The minimum Gasteiger partial charge on any atom is -0.456 e. The summed E-state index contributed by atoms with van der Waals surface area (Å²) >= 11 is 0. The summed E-state index contributed by atoms with van der Waals surface area (Å²) in [6.45, 7) is 1.12. The number of rotatable bonds is 5. The highest BCUT2D eigenvalue weighted by atomic mass is 16.5. The number of hydrazine groups is 1. The predicted octanol–water partition coefficient (Wildman–Crippen LogP) is 0.926. The van der Waals surface area contributed by atoms with E-state index < -0.39 is 23.4 Å². The van der Waals surface area contributed by atoms with Crippen LogP contribution in [0.2, 0.25) is 0 Å². The molecule has 0 heterocycles. The molecular formula is C17H18N4O4. The maximum Gasteiger partial charge on any atom is 0.331 e. The molecule has 0 aliphatic heterocycles. The first kappa shape index (κ1) is 18.0. The van der Waals surface area contributed by atoms with Crippen LogP contribution in [0.1, 0.15) is 6.92 Å². The average Bonchev–Trinajstić information content (AvgIpc) is 2.60. The predicted molar refractivity (Wildman–Crippen MR) is 91.3 cm³/mol. The molecule has 0 fully saturated rings. The monoisotopic (exact) mass is 342 g/mol. The molecule has 1 unspecified atom stereocenters. The van der Waals surface area contributed by atoms with Crippen LogP contribution in [-0.4, -0.2) is 23.4 Å². The third-order valence-corrected chi connectivity index (χ3v) is 3.30. The lowest BCUT2D eigenvalue weighted by Crippen LogP contribution is -2.67. The maximum absolute atomic E-state index is 12.9. The van der Waals surface area contributed by atoms with E-state index in [0.717, 1.165) is 11.9 Å². The fourth-order valence-electron chi connectivity index (χ4n) is 2.03. The second-order valence-corrected chi connectivity index (χ2v) is 5.16. The molecule has 0 aliphatic carbocycles. The number of amides is 3. The van der Waals surface area contributed by atoms with Gasteiger partial charge in [0.2, 0.25) is 0 Å². The summed E-state index contributed by atoms with van der Waals surface area (Å²) < 4.78 is 5.45. The van der Waals surface area contributed by atoms with E-state index in [9.17, 15) is 14.4 Å². The standard InChI is InChI=1S/C17H18N4O4/c1-12(22)17(19,25-14-10-6-3-7-11-14)15(23)21(20-16(18)24)13-8-4-2-5-9-13/h2-11H,19H2,1H3,(H3,18,20,24). The first-order valence-corrected chi connectivity index (χ1v) is 7.34. The number of ketones is 1. The van der Waals surface area contributed by atoms with Gasteiger partial charge in [-0.15, -0.1) is 0 Å². The molecule has 0 aromatic heterocycles. The van der Waals surface area contributed by atoms with E-state index in [4.69, 9.17) is 16.2 Å². The van der Waals surface area contributed by atoms with Gasteiger partial charge in [0.05, 0.1) is 5.69 Å². The van der Waals surface area contributed by atoms with Crippen molar-refractivity contribution in [3.05, 3.63) is 60.7 Å². The van der Waals surface area contributed by atoms with E-state index in [2.05, 4.69) is 5.43 Å². The highest BCUT2D eigenvalue weighted by Gasteiger charge is 2.46. The summed E-state index contributed by atoms with van der Waals surface area (Å²) in [5.74, 6) is -1.51. The number of Topliss-reactive ketones (excluding diaryl/α,β-unsaturated/α-hetero) is 1. The van der Waals surface area contributed by atoms with Crippen molar-refractivity contribution in [2.45, 2.75) is 12.6 Å². The minimum absolute atomic E-state index is 0.223. The Labute approximate surface area is 144 Å². The van der Waals surface area contributed by atoms with E-state index >= 15 is 0 Å². The third kappa shape index (κ3) is 4.12. The van der Waals surface area contributed by atoms with Gasteiger partial charge in [-0.25, -0.2) is 15.2 Å². The zero-order chi connectivity index (χ0) is 18.4. The van der Waals surface area contributed by atoms with Crippen molar-refractivity contribution in [3.8, 4) is 5.75 Å². The van der Waals surface area contributed by atoms with Crippen molar-refractivity contribution < 1.29 is 19.1 Å². The van der Waals surface area contributed by atoms with E-state index in [0.29, 0.717) is 0 Å². The Balaban J connectivity index is 2.41. The molecule has 0 saturated carbocycles. The number of carbonyl (C=O) groups excluding carboxylic acids is 3. The number of primary amides is 1. The Morgan fingerprint density at radius 2 is 1.52 bits per heavy atom. The number of hydrogen-bond acceptors (Lipinski definition) is 5. The molecule has 2 aromatic rings.